The summed E-state index contributed by atoms with van der Waals surface area (Å²) in [6.45, 7) is 0.303. The van der Waals surface area contributed by atoms with Crippen molar-refractivity contribution in [2.24, 2.45) is 5.10 Å². The molecule has 2 aromatic carbocycles. The third-order valence-corrected chi connectivity index (χ3v) is 4.58. The van der Waals surface area contributed by atoms with E-state index in [2.05, 4.69) is 26.8 Å². The second-order valence-electron chi connectivity index (χ2n) is 5.49. The lowest BCUT2D eigenvalue weighted by atomic mass is 10.1. The van der Waals surface area contributed by atoms with Crippen LogP contribution in [0.3, 0.4) is 0 Å². The highest BCUT2D eigenvalue weighted by molar-refractivity contribution is 7.13. The molecule has 0 spiro atoms. The molecule has 0 bridgehead atoms. The fraction of sp³-hybridized carbons (Fsp3) is 0.0556. The minimum Gasteiger partial charge on any atom is -0.302 e. The molecule has 0 saturated heterocycles. The predicted octanol–water partition coefficient (Wildman–Crippen LogP) is 2.77. The molecule has 0 radical (unpaired) electrons. The number of carbonyl (C=O) groups is 1. The molecule has 0 unspecified atom stereocenters. The Labute approximate surface area is 153 Å². The standard InChI is InChI=1S/C18H12N6OS/c19-9-12-5-1-2-6-13(12)10-24-15-8-4-3-7-14(15)16(17(24)25)21-23-18-22-20-11-26-18/h1-8,11H,10H2,(H,22,23). The van der Waals surface area contributed by atoms with Gasteiger partial charge in [0.2, 0.25) is 5.13 Å². The van der Waals surface area contributed by atoms with Crippen molar-refractivity contribution in [2.45, 2.75) is 6.54 Å². The van der Waals surface area contributed by atoms with Crippen LogP contribution in [0.4, 0.5) is 10.8 Å². The highest BCUT2D eigenvalue weighted by Gasteiger charge is 2.34. The van der Waals surface area contributed by atoms with E-state index in [1.54, 1.807) is 22.5 Å². The Hall–Kier alpha value is -3.57. The van der Waals surface area contributed by atoms with E-state index in [1.165, 1.54) is 11.3 Å². The first kappa shape index (κ1) is 15.9. The van der Waals surface area contributed by atoms with Gasteiger partial charge in [-0.3, -0.25) is 10.2 Å². The summed E-state index contributed by atoms with van der Waals surface area (Å²) in [5.41, 5.74) is 7.52. The molecule has 126 valence electrons. The molecule has 1 aliphatic rings. The number of amides is 1. The van der Waals surface area contributed by atoms with E-state index in [9.17, 15) is 10.1 Å². The number of hydrogen-bond acceptors (Lipinski definition) is 7. The number of benzene rings is 2. The van der Waals surface area contributed by atoms with E-state index in [0.717, 1.165) is 16.8 Å². The van der Waals surface area contributed by atoms with Crippen LogP contribution in [0, 0.1) is 11.3 Å². The molecular formula is C18H12N6OS. The van der Waals surface area contributed by atoms with Gasteiger partial charge in [-0.15, -0.1) is 10.2 Å². The summed E-state index contributed by atoms with van der Waals surface area (Å²) in [5.74, 6) is -0.226. The van der Waals surface area contributed by atoms with Gasteiger partial charge in [0.25, 0.3) is 5.91 Å². The van der Waals surface area contributed by atoms with Gasteiger partial charge < -0.3 is 4.90 Å². The summed E-state index contributed by atoms with van der Waals surface area (Å²) >= 11 is 1.30. The molecular weight excluding hydrogens is 348 g/mol. The first-order valence-electron chi connectivity index (χ1n) is 7.77. The van der Waals surface area contributed by atoms with Crippen molar-refractivity contribution in [3.05, 3.63) is 70.7 Å². The number of carbonyl (C=O) groups excluding carboxylic acids is 1. The Morgan fingerprint density at radius 2 is 2.00 bits per heavy atom. The number of hydrogen-bond donors (Lipinski definition) is 1. The van der Waals surface area contributed by atoms with Crippen molar-refractivity contribution in [3.8, 4) is 6.07 Å². The van der Waals surface area contributed by atoms with E-state index in [4.69, 9.17) is 0 Å². The van der Waals surface area contributed by atoms with Crippen LogP contribution in [-0.2, 0) is 11.3 Å². The Kier molecular flexibility index (Phi) is 4.13. The number of aromatic nitrogens is 2. The number of nitrogens with one attached hydrogen (secondary N) is 1. The molecule has 26 heavy (non-hydrogen) atoms. The molecule has 0 atom stereocenters. The fourth-order valence-electron chi connectivity index (χ4n) is 2.79. The summed E-state index contributed by atoms with van der Waals surface area (Å²) < 4.78 is 0. The van der Waals surface area contributed by atoms with Crippen LogP contribution in [0.5, 0.6) is 0 Å². The molecule has 4 rings (SSSR count). The van der Waals surface area contributed by atoms with Gasteiger partial charge in [-0.25, -0.2) is 0 Å². The van der Waals surface area contributed by atoms with Crippen LogP contribution < -0.4 is 10.3 Å². The average Bonchev–Trinajstić information content (AvgIpc) is 3.28. The van der Waals surface area contributed by atoms with Crippen molar-refractivity contribution >= 4 is 33.8 Å². The highest BCUT2D eigenvalue weighted by atomic mass is 32.1. The molecule has 0 fully saturated rings. The average molecular weight is 360 g/mol. The number of rotatable bonds is 4. The topological polar surface area (TPSA) is 94.3 Å². The summed E-state index contributed by atoms with van der Waals surface area (Å²) in [6.07, 6.45) is 0. The van der Waals surface area contributed by atoms with Crippen LogP contribution in [0.2, 0.25) is 0 Å². The number of anilines is 2. The quantitative estimate of drug-likeness (QED) is 0.722. The largest absolute Gasteiger partial charge is 0.302 e. The van der Waals surface area contributed by atoms with Gasteiger partial charge in [0.1, 0.15) is 5.51 Å². The monoisotopic (exact) mass is 360 g/mol. The molecule has 2 heterocycles. The van der Waals surface area contributed by atoms with Gasteiger partial charge in [-0.2, -0.15) is 10.4 Å². The van der Waals surface area contributed by atoms with Crippen LogP contribution in [0.15, 0.2) is 59.1 Å². The molecule has 1 N–H and O–H groups in total. The van der Waals surface area contributed by atoms with E-state index in [1.807, 2.05) is 36.4 Å². The number of nitriles is 1. The van der Waals surface area contributed by atoms with Crippen molar-refractivity contribution in [1.29, 1.82) is 5.26 Å². The molecule has 7 nitrogen and oxygen atoms in total. The van der Waals surface area contributed by atoms with Crippen LogP contribution in [0.1, 0.15) is 16.7 Å². The maximum atomic E-state index is 13.0. The van der Waals surface area contributed by atoms with E-state index in [-0.39, 0.29) is 5.91 Å². The highest BCUT2D eigenvalue weighted by Crippen LogP contribution is 2.31. The summed E-state index contributed by atoms with van der Waals surface area (Å²) in [4.78, 5) is 14.6. The first-order chi connectivity index (χ1) is 12.8. The van der Waals surface area contributed by atoms with Gasteiger partial charge in [0.05, 0.1) is 23.9 Å². The van der Waals surface area contributed by atoms with Crippen LogP contribution in [-0.4, -0.2) is 21.8 Å². The zero-order valence-electron chi connectivity index (χ0n) is 13.5. The Bertz CT molecular complexity index is 1040. The van der Waals surface area contributed by atoms with Gasteiger partial charge in [-0.05, 0) is 17.7 Å². The minimum atomic E-state index is -0.226. The third kappa shape index (κ3) is 2.81. The number of fused-ring (bicyclic) bond motifs is 1. The van der Waals surface area contributed by atoms with Crippen molar-refractivity contribution < 1.29 is 4.79 Å². The molecule has 8 heteroatoms. The van der Waals surface area contributed by atoms with E-state index < -0.39 is 0 Å². The Morgan fingerprint density at radius 3 is 2.81 bits per heavy atom. The second kappa shape index (κ2) is 6.74. The number of nitrogens with zero attached hydrogens (tertiary/aromatic N) is 5. The van der Waals surface area contributed by atoms with Crippen LogP contribution >= 0.6 is 11.3 Å². The lowest BCUT2D eigenvalue weighted by Gasteiger charge is -2.17. The van der Waals surface area contributed by atoms with E-state index >= 15 is 0 Å². The van der Waals surface area contributed by atoms with Crippen molar-refractivity contribution in [3.63, 3.8) is 0 Å². The number of para-hydroxylation sites is 1. The minimum absolute atomic E-state index is 0.226. The molecule has 1 aromatic heterocycles. The molecule has 1 amide bonds. The van der Waals surface area contributed by atoms with Crippen LogP contribution in [0.25, 0.3) is 0 Å². The second-order valence-corrected chi connectivity index (χ2v) is 6.33. The lowest BCUT2D eigenvalue weighted by molar-refractivity contribution is -0.112. The zero-order chi connectivity index (χ0) is 17.9. The van der Waals surface area contributed by atoms with Gasteiger partial charge >= 0.3 is 0 Å². The summed E-state index contributed by atoms with van der Waals surface area (Å²) in [7, 11) is 0. The van der Waals surface area contributed by atoms with Gasteiger partial charge in [0.15, 0.2) is 5.71 Å². The molecule has 0 aliphatic carbocycles. The molecule has 3 aromatic rings. The normalized spacial score (nSPS) is 14.3. The Balaban J connectivity index is 1.70. The zero-order valence-corrected chi connectivity index (χ0v) is 14.3. The van der Waals surface area contributed by atoms with Gasteiger partial charge in [0, 0.05) is 5.56 Å². The van der Waals surface area contributed by atoms with Crippen molar-refractivity contribution in [2.75, 3.05) is 10.3 Å². The smallest absolute Gasteiger partial charge is 0.279 e. The fourth-order valence-corrected chi connectivity index (χ4v) is 3.18. The van der Waals surface area contributed by atoms with Gasteiger partial charge in [-0.1, -0.05) is 47.7 Å². The molecule has 0 saturated carbocycles. The Morgan fingerprint density at radius 1 is 1.19 bits per heavy atom. The lowest BCUT2D eigenvalue weighted by Crippen LogP contribution is -2.30. The summed E-state index contributed by atoms with van der Waals surface area (Å²) in [6, 6.07) is 16.9. The SMILES string of the molecule is N#Cc1ccccc1CN1C(=O)C(=NNc2nncs2)c2ccccc21. The predicted molar refractivity (Wildman–Crippen MR) is 98.9 cm³/mol. The molecule has 1 aliphatic heterocycles. The third-order valence-electron chi connectivity index (χ3n) is 3.99. The summed E-state index contributed by atoms with van der Waals surface area (Å²) in [5, 5.41) is 21.6. The van der Waals surface area contributed by atoms with Crippen molar-refractivity contribution in [1.82, 2.24) is 10.2 Å². The van der Waals surface area contributed by atoms with E-state index in [0.29, 0.717) is 23.0 Å². The first-order valence-corrected chi connectivity index (χ1v) is 8.65. The maximum absolute atomic E-state index is 13.0. The number of hydrazone groups is 1. The maximum Gasteiger partial charge on any atom is 0.279 e.